The molecule has 0 radical (unpaired) electrons. The molecule has 3 rings (SSSR count). The lowest BCUT2D eigenvalue weighted by Gasteiger charge is -2.19. The Kier molecular flexibility index (Phi) is 4.94. The molecule has 0 nitrogen and oxygen atoms in total. The van der Waals surface area contributed by atoms with Crippen molar-refractivity contribution in [2.24, 2.45) is 5.92 Å². The third-order valence-corrected chi connectivity index (χ3v) is 5.09. The highest BCUT2D eigenvalue weighted by Crippen LogP contribution is 2.41. The van der Waals surface area contributed by atoms with Gasteiger partial charge in [0.05, 0.1) is 0 Å². The maximum Gasteiger partial charge on any atom is -0.00575 e. The summed E-state index contributed by atoms with van der Waals surface area (Å²) in [6, 6.07) is 13.7. The molecule has 0 bridgehead atoms. The summed E-state index contributed by atoms with van der Waals surface area (Å²) in [6.45, 7) is 11.5. The predicted molar refractivity (Wildman–Crippen MR) is 106 cm³/mol. The fraction of sp³-hybridized carbons (Fsp3) is 0.417. The Bertz CT molecular complexity index is 760. The second-order valence-corrected chi connectivity index (χ2v) is 7.85. The first kappa shape index (κ1) is 17.0. The minimum absolute atomic E-state index is 0.540. The van der Waals surface area contributed by atoms with Crippen LogP contribution in [0.1, 0.15) is 69.2 Å². The van der Waals surface area contributed by atoms with Crippen LogP contribution in [-0.4, -0.2) is 0 Å². The zero-order valence-corrected chi connectivity index (χ0v) is 15.8. The van der Waals surface area contributed by atoms with E-state index in [4.69, 9.17) is 0 Å². The first-order valence-corrected chi connectivity index (χ1v) is 9.44. The Hall–Kier alpha value is -1.82. The largest absolute Gasteiger partial charge is 0.0649 e. The molecule has 0 heteroatoms. The average molecular weight is 319 g/mol. The number of fused-ring (bicyclic) bond motifs is 1. The van der Waals surface area contributed by atoms with Gasteiger partial charge in [0.15, 0.2) is 0 Å². The van der Waals surface area contributed by atoms with Gasteiger partial charge in [-0.1, -0.05) is 82.7 Å². The molecule has 1 aliphatic rings. The Balaban J connectivity index is 2.21. The van der Waals surface area contributed by atoms with Gasteiger partial charge in [-0.3, -0.25) is 0 Å². The topological polar surface area (TPSA) is 0 Å². The smallest absolute Gasteiger partial charge is 0.00575 e. The van der Waals surface area contributed by atoms with E-state index in [2.05, 4.69) is 77.1 Å². The van der Waals surface area contributed by atoms with Crippen LogP contribution in [0.3, 0.4) is 0 Å². The van der Waals surface area contributed by atoms with Crippen LogP contribution in [-0.2, 0) is 12.8 Å². The summed E-state index contributed by atoms with van der Waals surface area (Å²) >= 11 is 0. The van der Waals surface area contributed by atoms with E-state index >= 15 is 0 Å². The third kappa shape index (κ3) is 3.20. The van der Waals surface area contributed by atoms with Crippen molar-refractivity contribution >= 4 is 6.08 Å². The van der Waals surface area contributed by atoms with Gasteiger partial charge in [-0.25, -0.2) is 0 Å². The third-order valence-electron chi connectivity index (χ3n) is 5.09. The molecule has 0 saturated carbocycles. The fourth-order valence-corrected chi connectivity index (χ4v) is 4.01. The minimum Gasteiger partial charge on any atom is -0.0649 e. The summed E-state index contributed by atoms with van der Waals surface area (Å²) in [7, 11) is 0. The summed E-state index contributed by atoms with van der Waals surface area (Å²) in [4.78, 5) is 0. The molecule has 0 amide bonds. The molecule has 0 fully saturated rings. The van der Waals surface area contributed by atoms with Crippen molar-refractivity contribution in [3.63, 3.8) is 0 Å². The normalized spacial score (nSPS) is 13.5. The van der Waals surface area contributed by atoms with Gasteiger partial charge in [0.25, 0.3) is 0 Å². The second-order valence-electron chi connectivity index (χ2n) is 7.85. The van der Waals surface area contributed by atoms with Crippen LogP contribution >= 0.6 is 0 Å². The van der Waals surface area contributed by atoms with Crippen molar-refractivity contribution in [2.75, 3.05) is 0 Å². The highest BCUT2D eigenvalue weighted by Gasteiger charge is 2.22. The highest BCUT2D eigenvalue weighted by molar-refractivity contribution is 5.85. The van der Waals surface area contributed by atoms with E-state index in [9.17, 15) is 0 Å². The lowest BCUT2D eigenvalue weighted by atomic mass is 9.85. The van der Waals surface area contributed by atoms with Crippen LogP contribution in [0.4, 0.5) is 0 Å². The quantitative estimate of drug-likeness (QED) is 0.555. The summed E-state index contributed by atoms with van der Waals surface area (Å²) < 4.78 is 0. The van der Waals surface area contributed by atoms with Crippen molar-refractivity contribution in [3.05, 3.63) is 64.2 Å². The van der Waals surface area contributed by atoms with Gasteiger partial charge in [0, 0.05) is 0 Å². The average Bonchev–Trinajstić information content (AvgIpc) is 2.95. The molecule has 1 aliphatic carbocycles. The van der Waals surface area contributed by atoms with Crippen LogP contribution in [0, 0.1) is 5.92 Å². The monoisotopic (exact) mass is 318 g/mol. The predicted octanol–water partition coefficient (Wildman–Crippen LogP) is 7.03. The number of hydrogen-bond acceptors (Lipinski definition) is 0. The summed E-state index contributed by atoms with van der Waals surface area (Å²) in [5.41, 5.74) is 10.4. The van der Waals surface area contributed by atoms with Crippen LogP contribution in [0.15, 0.2) is 42.0 Å². The molecule has 0 heterocycles. The minimum atomic E-state index is 0.540. The van der Waals surface area contributed by atoms with Crippen molar-refractivity contribution in [3.8, 4) is 11.1 Å². The maximum atomic E-state index is 2.49. The van der Waals surface area contributed by atoms with Gasteiger partial charge in [0.1, 0.15) is 0 Å². The molecule has 0 aliphatic heterocycles. The first-order valence-electron chi connectivity index (χ1n) is 9.44. The Morgan fingerprint density at radius 2 is 1.71 bits per heavy atom. The SMILES string of the molecule is CCc1ccccc1-c1c(C(C)C)ccc2c1C=C(CC(C)C)C2. The van der Waals surface area contributed by atoms with E-state index in [1.54, 1.807) is 5.57 Å². The van der Waals surface area contributed by atoms with Crippen molar-refractivity contribution in [2.45, 2.75) is 59.8 Å². The maximum absolute atomic E-state index is 2.49. The van der Waals surface area contributed by atoms with Gasteiger partial charge in [-0.15, -0.1) is 0 Å². The van der Waals surface area contributed by atoms with E-state index in [1.807, 2.05) is 0 Å². The Morgan fingerprint density at radius 1 is 0.958 bits per heavy atom. The van der Waals surface area contributed by atoms with Gasteiger partial charge >= 0.3 is 0 Å². The van der Waals surface area contributed by atoms with Gasteiger partial charge in [0.2, 0.25) is 0 Å². The second kappa shape index (κ2) is 6.97. The van der Waals surface area contributed by atoms with Crippen molar-refractivity contribution in [1.29, 1.82) is 0 Å². The molecule has 0 aromatic heterocycles. The number of benzene rings is 2. The summed E-state index contributed by atoms with van der Waals surface area (Å²) in [6.07, 6.45) is 5.91. The Labute approximate surface area is 147 Å². The molecular weight excluding hydrogens is 288 g/mol. The van der Waals surface area contributed by atoms with Crippen molar-refractivity contribution < 1.29 is 0 Å². The number of rotatable bonds is 5. The van der Waals surface area contributed by atoms with Crippen LogP contribution in [0.5, 0.6) is 0 Å². The molecule has 126 valence electrons. The number of allylic oxidation sites excluding steroid dienone is 1. The molecule has 0 unspecified atom stereocenters. The zero-order valence-electron chi connectivity index (χ0n) is 15.8. The molecule has 24 heavy (non-hydrogen) atoms. The van der Waals surface area contributed by atoms with Gasteiger partial charge in [-0.05, 0) is 64.5 Å². The van der Waals surface area contributed by atoms with Crippen LogP contribution in [0.25, 0.3) is 17.2 Å². The standard InChI is InChI=1S/C24H30/c1-6-19-9-7-8-10-22(19)24-21(17(4)5)12-11-20-14-18(13-16(2)3)15-23(20)24/h7-12,15-17H,6,13-14H2,1-5H3. The molecule has 0 spiro atoms. The van der Waals surface area contributed by atoms with Crippen molar-refractivity contribution in [1.82, 2.24) is 0 Å². The Morgan fingerprint density at radius 3 is 2.38 bits per heavy atom. The summed E-state index contributed by atoms with van der Waals surface area (Å²) in [5.74, 6) is 1.26. The lowest BCUT2D eigenvalue weighted by Crippen LogP contribution is -1.99. The molecular formula is C24H30. The molecule has 2 aromatic carbocycles. The van der Waals surface area contributed by atoms with E-state index in [-0.39, 0.29) is 0 Å². The zero-order chi connectivity index (χ0) is 17.3. The highest BCUT2D eigenvalue weighted by atomic mass is 14.3. The van der Waals surface area contributed by atoms with Gasteiger partial charge < -0.3 is 0 Å². The van der Waals surface area contributed by atoms with E-state index in [0.29, 0.717) is 5.92 Å². The molecule has 0 saturated heterocycles. The molecule has 0 atom stereocenters. The molecule has 2 aromatic rings. The van der Waals surface area contributed by atoms with E-state index in [0.717, 1.165) is 18.8 Å². The first-order chi connectivity index (χ1) is 11.5. The lowest BCUT2D eigenvalue weighted by molar-refractivity contribution is 0.638. The summed E-state index contributed by atoms with van der Waals surface area (Å²) in [5, 5.41) is 0. The molecule has 0 N–H and O–H groups in total. The fourth-order valence-electron chi connectivity index (χ4n) is 4.01. The van der Waals surface area contributed by atoms with E-state index < -0.39 is 0 Å². The van der Waals surface area contributed by atoms with E-state index in [1.165, 1.54) is 39.8 Å². The van der Waals surface area contributed by atoms with Crippen LogP contribution < -0.4 is 0 Å². The van der Waals surface area contributed by atoms with Crippen LogP contribution in [0.2, 0.25) is 0 Å². The number of aryl methyl sites for hydroxylation is 1. The van der Waals surface area contributed by atoms with Gasteiger partial charge in [-0.2, -0.15) is 0 Å². The number of hydrogen-bond donors (Lipinski definition) is 0.